The van der Waals surface area contributed by atoms with Crippen molar-refractivity contribution >= 4 is 17.6 Å². The molecule has 1 aliphatic rings. The van der Waals surface area contributed by atoms with E-state index in [1.54, 1.807) is 0 Å². The number of amides is 1. The van der Waals surface area contributed by atoms with Gasteiger partial charge in [-0.15, -0.1) is 0 Å². The quantitative estimate of drug-likeness (QED) is 0.717. The molecule has 1 saturated heterocycles. The van der Waals surface area contributed by atoms with Crippen LogP contribution in [0, 0.1) is 12.8 Å². The van der Waals surface area contributed by atoms with Gasteiger partial charge in [0.2, 0.25) is 5.91 Å². The molecule has 0 bridgehead atoms. The van der Waals surface area contributed by atoms with Crippen LogP contribution in [0.1, 0.15) is 25.3 Å². The molecule has 0 unspecified atom stereocenters. The van der Waals surface area contributed by atoms with E-state index < -0.39 is 0 Å². The molecule has 0 aliphatic carbocycles. The van der Waals surface area contributed by atoms with Gasteiger partial charge in [0.1, 0.15) is 11.5 Å². The Kier molecular flexibility index (Phi) is 7.25. The summed E-state index contributed by atoms with van der Waals surface area (Å²) in [5.41, 5.74) is 1.91. The third-order valence-corrected chi connectivity index (χ3v) is 4.97. The number of piperidine rings is 1. The number of hydrogen-bond acceptors (Lipinski definition) is 5. The summed E-state index contributed by atoms with van der Waals surface area (Å²) in [6.07, 6.45) is 1.47. The molecule has 154 valence electrons. The summed E-state index contributed by atoms with van der Waals surface area (Å²) in [4.78, 5) is 26.2. The fraction of sp³-hybridized carbons (Fsp3) is 0.391. The number of carbonyl (C=O) groups is 2. The van der Waals surface area contributed by atoms with Crippen LogP contribution in [0.15, 0.2) is 48.5 Å². The largest absolute Gasteiger partial charge is 0.466 e. The molecule has 1 N–H and O–H groups in total. The molecule has 0 saturated carbocycles. The number of hydrogen-bond donors (Lipinski definition) is 1. The van der Waals surface area contributed by atoms with E-state index in [2.05, 4.69) is 10.2 Å². The van der Waals surface area contributed by atoms with Crippen LogP contribution in [0.25, 0.3) is 0 Å². The molecule has 29 heavy (non-hydrogen) atoms. The predicted molar refractivity (Wildman–Crippen MR) is 112 cm³/mol. The Bertz CT molecular complexity index is 810. The average Bonchev–Trinajstić information content (AvgIpc) is 2.72. The number of aryl methyl sites for hydroxylation is 1. The molecule has 6 nitrogen and oxygen atoms in total. The van der Waals surface area contributed by atoms with E-state index in [-0.39, 0.29) is 17.8 Å². The van der Waals surface area contributed by atoms with Gasteiger partial charge < -0.3 is 14.8 Å². The molecule has 1 aliphatic heterocycles. The van der Waals surface area contributed by atoms with E-state index in [1.165, 1.54) is 5.56 Å². The summed E-state index contributed by atoms with van der Waals surface area (Å²) in [5, 5.41) is 2.91. The SMILES string of the molecule is CCOC(=O)C1CCN(CC(=O)Nc2ccc(Oc3ccc(C)cc3)cc2)CC1. The van der Waals surface area contributed by atoms with E-state index in [4.69, 9.17) is 9.47 Å². The second-order valence-corrected chi connectivity index (χ2v) is 7.29. The fourth-order valence-corrected chi connectivity index (χ4v) is 3.34. The number of carbonyl (C=O) groups excluding carboxylic acids is 2. The monoisotopic (exact) mass is 396 g/mol. The van der Waals surface area contributed by atoms with E-state index >= 15 is 0 Å². The van der Waals surface area contributed by atoms with Crippen molar-refractivity contribution in [2.45, 2.75) is 26.7 Å². The summed E-state index contributed by atoms with van der Waals surface area (Å²) in [7, 11) is 0. The third kappa shape index (κ3) is 6.32. The number of esters is 1. The Balaban J connectivity index is 1.44. The minimum absolute atomic E-state index is 0.0460. The molecule has 1 fully saturated rings. The molecule has 0 radical (unpaired) electrons. The maximum absolute atomic E-state index is 12.3. The molecule has 1 amide bonds. The van der Waals surface area contributed by atoms with Gasteiger partial charge in [-0.3, -0.25) is 14.5 Å². The van der Waals surface area contributed by atoms with E-state index in [1.807, 2.05) is 62.4 Å². The number of likely N-dealkylation sites (tertiary alicyclic amines) is 1. The third-order valence-electron chi connectivity index (χ3n) is 4.97. The number of nitrogens with zero attached hydrogens (tertiary/aromatic N) is 1. The first-order chi connectivity index (χ1) is 14.0. The second-order valence-electron chi connectivity index (χ2n) is 7.29. The van der Waals surface area contributed by atoms with Crippen LogP contribution in [0.3, 0.4) is 0 Å². The van der Waals surface area contributed by atoms with Crippen LogP contribution in [0.2, 0.25) is 0 Å². The molecule has 0 atom stereocenters. The minimum atomic E-state index is -0.121. The standard InChI is InChI=1S/C23H28N2O4/c1-3-28-23(27)18-12-14-25(15-13-18)16-22(26)24-19-6-10-21(11-7-19)29-20-8-4-17(2)5-9-20/h4-11,18H,3,12-16H2,1-2H3,(H,24,26). The maximum Gasteiger partial charge on any atom is 0.309 e. The van der Waals surface area contributed by atoms with Crippen molar-refractivity contribution in [1.82, 2.24) is 4.90 Å². The van der Waals surface area contributed by atoms with E-state index in [0.717, 1.165) is 37.4 Å². The van der Waals surface area contributed by atoms with Gasteiger partial charge in [-0.1, -0.05) is 17.7 Å². The molecular formula is C23H28N2O4. The van der Waals surface area contributed by atoms with Crippen molar-refractivity contribution in [3.05, 3.63) is 54.1 Å². The number of rotatable bonds is 7. The average molecular weight is 396 g/mol. The Hall–Kier alpha value is -2.86. The molecule has 3 rings (SSSR count). The zero-order chi connectivity index (χ0) is 20.6. The van der Waals surface area contributed by atoms with Gasteiger partial charge in [0.05, 0.1) is 19.1 Å². The van der Waals surface area contributed by atoms with Gasteiger partial charge in [-0.2, -0.15) is 0 Å². The van der Waals surface area contributed by atoms with Crippen molar-refractivity contribution in [1.29, 1.82) is 0 Å². The van der Waals surface area contributed by atoms with Crippen molar-refractivity contribution < 1.29 is 19.1 Å². The highest BCUT2D eigenvalue weighted by atomic mass is 16.5. The van der Waals surface area contributed by atoms with Crippen LogP contribution in [0.5, 0.6) is 11.5 Å². The fourth-order valence-electron chi connectivity index (χ4n) is 3.34. The summed E-state index contributed by atoms with van der Waals surface area (Å²) in [6.45, 7) is 6.02. The van der Waals surface area contributed by atoms with Gasteiger partial charge >= 0.3 is 5.97 Å². The molecule has 1 heterocycles. The number of benzene rings is 2. The summed E-state index contributed by atoms with van der Waals surface area (Å²) in [6, 6.07) is 15.2. The van der Waals surface area contributed by atoms with E-state index in [0.29, 0.717) is 18.9 Å². The van der Waals surface area contributed by atoms with Crippen molar-refractivity contribution in [3.8, 4) is 11.5 Å². The second kappa shape index (κ2) is 10.1. The molecule has 6 heteroatoms. The predicted octanol–water partition coefficient (Wildman–Crippen LogP) is 4.00. The Morgan fingerprint density at radius 3 is 2.17 bits per heavy atom. The van der Waals surface area contributed by atoms with Gasteiger partial charge in [-0.25, -0.2) is 0 Å². The van der Waals surface area contributed by atoms with Crippen molar-refractivity contribution in [2.24, 2.45) is 5.92 Å². The van der Waals surface area contributed by atoms with Crippen LogP contribution in [-0.4, -0.2) is 43.0 Å². The first-order valence-corrected chi connectivity index (χ1v) is 10.1. The van der Waals surface area contributed by atoms with Crippen LogP contribution in [-0.2, 0) is 14.3 Å². The minimum Gasteiger partial charge on any atom is -0.466 e. The topological polar surface area (TPSA) is 67.9 Å². The lowest BCUT2D eigenvalue weighted by Gasteiger charge is -2.30. The molecular weight excluding hydrogens is 368 g/mol. The summed E-state index contributed by atoms with van der Waals surface area (Å²) >= 11 is 0. The zero-order valence-corrected chi connectivity index (χ0v) is 17.0. The van der Waals surface area contributed by atoms with E-state index in [9.17, 15) is 9.59 Å². The maximum atomic E-state index is 12.3. The number of anilines is 1. The van der Waals surface area contributed by atoms with Gasteiger partial charge in [0, 0.05) is 5.69 Å². The van der Waals surface area contributed by atoms with Gasteiger partial charge in [0.25, 0.3) is 0 Å². The van der Waals surface area contributed by atoms with Gasteiger partial charge in [-0.05, 0) is 76.2 Å². The summed E-state index contributed by atoms with van der Waals surface area (Å²) < 4.78 is 10.9. The van der Waals surface area contributed by atoms with Crippen molar-refractivity contribution in [2.75, 3.05) is 31.6 Å². The normalized spacial score (nSPS) is 15.0. The van der Waals surface area contributed by atoms with Crippen LogP contribution >= 0.6 is 0 Å². The lowest BCUT2D eigenvalue weighted by molar-refractivity contribution is -0.149. The summed E-state index contributed by atoms with van der Waals surface area (Å²) in [5.74, 6) is 1.26. The molecule has 0 aromatic heterocycles. The Morgan fingerprint density at radius 2 is 1.59 bits per heavy atom. The highest BCUT2D eigenvalue weighted by molar-refractivity contribution is 5.92. The molecule has 2 aromatic carbocycles. The zero-order valence-electron chi connectivity index (χ0n) is 17.0. The molecule has 0 spiro atoms. The highest BCUT2D eigenvalue weighted by Gasteiger charge is 2.26. The Labute approximate surface area is 171 Å². The first-order valence-electron chi connectivity index (χ1n) is 10.1. The first kappa shape index (κ1) is 20.9. The lowest BCUT2D eigenvalue weighted by atomic mass is 9.97. The Morgan fingerprint density at radius 1 is 1.00 bits per heavy atom. The van der Waals surface area contributed by atoms with Crippen LogP contribution < -0.4 is 10.1 Å². The number of nitrogens with one attached hydrogen (secondary N) is 1. The van der Waals surface area contributed by atoms with Gasteiger partial charge in [0.15, 0.2) is 0 Å². The lowest BCUT2D eigenvalue weighted by Crippen LogP contribution is -2.41. The highest BCUT2D eigenvalue weighted by Crippen LogP contribution is 2.23. The molecule has 2 aromatic rings. The smallest absolute Gasteiger partial charge is 0.309 e. The van der Waals surface area contributed by atoms with Crippen molar-refractivity contribution in [3.63, 3.8) is 0 Å². The number of ether oxygens (including phenoxy) is 2. The van der Waals surface area contributed by atoms with Crippen LogP contribution in [0.4, 0.5) is 5.69 Å².